The van der Waals surface area contributed by atoms with Crippen molar-refractivity contribution in [1.82, 2.24) is 34.7 Å². The quantitative estimate of drug-likeness (QED) is 0.0328. The summed E-state index contributed by atoms with van der Waals surface area (Å²) >= 11 is 0. The molecule has 660 valence electrons. The summed E-state index contributed by atoms with van der Waals surface area (Å²) in [6, 6.07) is 0. The highest BCUT2D eigenvalue weighted by Gasteiger charge is 2.47. The Labute approximate surface area is 687 Å². The lowest BCUT2D eigenvalue weighted by Crippen LogP contribution is -2.64. The zero-order chi connectivity index (χ0) is 85.0. The van der Waals surface area contributed by atoms with E-state index in [-0.39, 0.29) is 44.7 Å². The summed E-state index contributed by atoms with van der Waals surface area (Å²) in [5, 5.41) is 3.16. The summed E-state index contributed by atoms with van der Waals surface area (Å²) in [4.78, 5) is 112. The van der Waals surface area contributed by atoms with Gasteiger partial charge in [-0.3, -0.25) is 34.2 Å². The van der Waals surface area contributed by atoms with Gasteiger partial charge in [0.1, 0.15) is 58.3 Å². The third kappa shape index (κ3) is 54.1. The first-order chi connectivity index (χ1) is 52.5. The summed E-state index contributed by atoms with van der Waals surface area (Å²) in [6.45, 7) is 40.5. The van der Waals surface area contributed by atoms with Gasteiger partial charge in [0, 0.05) is 40.2 Å². The number of nitrogens with one attached hydrogen (secondary N) is 1. The van der Waals surface area contributed by atoms with Crippen LogP contribution in [-0.2, 0) is 33.2 Å². The normalized spacial score (nSPS) is 13.6. The van der Waals surface area contributed by atoms with Crippen LogP contribution in [0.15, 0.2) is 0 Å². The van der Waals surface area contributed by atoms with Crippen molar-refractivity contribution in [3.8, 4) is 0 Å². The monoisotopic (exact) mass is 1590 g/mol. The number of hydrogen-bond donors (Lipinski definition) is 2. The smallest absolute Gasteiger partial charge is 0.413 e. The predicted molar refractivity (Wildman–Crippen MR) is 461 cm³/mol. The molecule has 0 aliphatic rings. The number of nitrogens with zero attached hydrogens (tertiary/aromatic N) is 6. The molecule has 4 atom stereocenters. The molecule has 0 bridgehead atoms. The predicted octanol–water partition coefficient (Wildman–Crippen LogP) is 25.3. The molecule has 0 fully saturated rings. The van der Waals surface area contributed by atoms with Gasteiger partial charge in [0.15, 0.2) is 0 Å². The van der Waals surface area contributed by atoms with E-state index in [9.17, 15) is 14.4 Å². The summed E-state index contributed by atoms with van der Waals surface area (Å²) in [5.74, 6) is -0.559. The van der Waals surface area contributed by atoms with Crippen molar-refractivity contribution in [3.63, 3.8) is 0 Å². The first kappa shape index (κ1) is 107. The van der Waals surface area contributed by atoms with Gasteiger partial charge >= 0.3 is 36.6 Å². The third-order valence-corrected chi connectivity index (χ3v) is 19.9. The Morgan fingerprint density at radius 3 is 0.777 bits per heavy atom. The minimum atomic E-state index is -1.10. The van der Waals surface area contributed by atoms with Gasteiger partial charge in [0.2, 0.25) is 5.91 Å². The van der Waals surface area contributed by atoms with Crippen LogP contribution in [0.1, 0.15) is 441 Å². The van der Waals surface area contributed by atoms with Gasteiger partial charge in [0.25, 0.3) is 0 Å². The van der Waals surface area contributed by atoms with Crippen molar-refractivity contribution in [1.29, 1.82) is 0 Å². The maximum Gasteiger partial charge on any atom is 0.413 e. The fourth-order valence-corrected chi connectivity index (χ4v) is 14.4. The van der Waals surface area contributed by atoms with E-state index in [0.717, 1.165) is 45.1 Å². The van der Waals surface area contributed by atoms with Crippen LogP contribution in [0.25, 0.3) is 0 Å². The van der Waals surface area contributed by atoms with E-state index in [0.29, 0.717) is 38.6 Å². The van der Waals surface area contributed by atoms with Gasteiger partial charge in [-0.1, -0.05) is 259 Å². The van der Waals surface area contributed by atoms with Gasteiger partial charge in [0.05, 0.1) is 0 Å². The summed E-state index contributed by atoms with van der Waals surface area (Å²) in [7, 11) is 3.13. The highest BCUT2D eigenvalue weighted by atomic mass is 16.6. The molecule has 21 nitrogen and oxygen atoms in total. The lowest BCUT2D eigenvalue weighted by Gasteiger charge is -2.48. The molecule has 4 unspecified atom stereocenters. The number of ether oxygens (including phenoxy) is 6. The molecule has 0 aromatic heterocycles. The second-order valence-corrected chi connectivity index (χ2v) is 38.2. The van der Waals surface area contributed by atoms with Crippen LogP contribution in [0.5, 0.6) is 0 Å². The Balaban J connectivity index is 6.34. The number of carbonyl (C=O) groups is 7. The fraction of sp³-hybridized carbons (Fsp3) is 0.923. The number of amides is 7. The molecule has 0 spiro atoms. The fourth-order valence-electron chi connectivity index (χ4n) is 14.4. The van der Waals surface area contributed by atoms with Crippen LogP contribution >= 0.6 is 0 Å². The highest BCUT2D eigenvalue weighted by molar-refractivity contribution is 5.76. The van der Waals surface area contributed by atoms with Gasteiger partial charge in [-0.25, -0.2) is 28.8 Å². The van der Waals surface area contributed by atoms with E-state index in [2.05, 4.69) is 5.32 Å². The SMILES string of the molecule is CCCC(N(CC(CCCCCCNC(=O)CCCCCCCCCCCCCCCCCCCCCCCCCCCCCCCCCCCN)CN(C(=O)OC(C)(C)C)C(CCC)N(C(=O)OC(C)(C)C)C(CC)N(C)C(=O)OC(C)(C)C)C(=O)OC(C)(C)C)N(C(=O)OC(C)(C)C)C(CC)N(C)C(=O)OC(C)(C)C. The summed E-state index contributed by atoms with van der Waals surface area (Å²) < 4.78 is 36.9. The Morgan fingerprint density at radius 1 is 0.295 bits per heavy atom. The Morgan fingerprint density at radius 2 is 0.527 bits per heavy atom. The molecule has 0 rings (SSSR count). The maximum absolute atomic E-state index is 15.5. The Hall–Kier alpha value is -4.95. The van der Waals surface area contributed by atoms with E-state index in [1.165, 1.54) is 222 Å². The molecule has 0 heterocycles. The van der Waals surface area contributed by atoms with Crippen molar-refractivity contribution in [3.05, 3.63) is 0 Å². The largest absolute Gasteiger partial charge is 0.444 e. The van der Waals surface area contributed by atoms with E-state index in [1.54, 1.807) is 139 Å². The molecule has 0 aromatic carbocycles. The second kappa shape index (κ2) is 58.8. The van der Waals surface area contributed by atoms with Gasteiger partial charge in [-0.2, -0.15) is 0 Å². The molecule has 0 aliphatic carbocycles. The minimum Gasteiger partial charge on any atom is -0.444 e. The average molecular weight is 1590 g/mol. The maximum atomic E-state index is 15.5. The van der Waals surface area contributed by atoms with Crippen LogP contribution < -0.4 is 11.1 Å². The average Bonchev–Trinajstić information content (AvgIpc) is 0.791. The molecule has 0 aliphatic heterocycles. The summed E-state index contributed by atoms with van der Waals surface area (Å²) in [6.07, 6.45) is 41.4. The first-order valence-corrected chi connectivity index (χ1v) is 45.4. The van der Waals surface area contributed by atoms with Crippen LogP contribution in [0.2, 0.25) is 0 Å². The lowest BCUT2D eigenvalue weighted by molar-refractivity contribution is -0.121. The molecule has 21 heteroatoms. The molecule has 3 N–H and O–H groups in total. The molecular formula is C91H178N8O13. The van der Waals surface area contributed by atoms with Crippen molar-refractivity contribution in [2.45, 2.75) is 500 Å². The second-order valence-electron chi connectivity index (χ2n) is 38.2. The van der Waals surface area contributed by atoms with E-state index < -0.39 is 101 Å². The van der Waals surface area contributed by atoms with Crippen LogP contribution in [0, 0.1) is 5.92 Å². The topological polar surface area (TPSA) is 232 Å². The number of hydrogen-bond acceptors (Lipinski definition) is 14. The molecule has 0 saturated carbocycles. The summed E-state index contributed by atoms with van der Waals surface area (Å²) in [5.41, 5.74) is -0.223. The first-order valence-electron chi connectivity index (χ1n) is 45.4. The van der Waals surface area contributed by atoms with Crippen molar-refractivity contribution >= 4 is 42.5 Å². The molecule has 0 aromatic rings. The zero-order valence-electron chi connectivity index (χ0n) is 77.1. The van der Waals surface area contributed by atoms with E-state index >= 15 is 19.2 Å². The van der Waals surface area contributed by atoms with Crippen molar-refractivity contribution in [2.75, 3.05) is 40.3 Å². The third-order valence-electron chi connectivity index (χ3n) is 19.9. The molecule has 7 amide bonds. The highest BCUT2D eigenvalue weighted by Crippen LogP contribution is 2.33. The Bertz CT molecular complexity index is 2360. The number of rotatable bonds is 60. The number of nitrogens with two attached hydrogens (primary N) is 1. The molecular weight excluding hydrogens is 1410 g/mol. The van der Waals surface area contributed by atoms with Crippen LogP contribution in [-0.4, -0.2) is 170 Å². The zero-order valence-corrected chi connectivity index (χ0v) is 77.1. The van der Waals surface area contributed by atoms with Gasteiger partial charge in [-0.05, 0) is 188 Å². The number of carbonyl (C=O) groups excluding carboxylic acids is 7. The lowest BCUT2D eigenvalue weighted by atomic mass is 9.97. The van der Waals surface area contributed by atoms with Crippen LogP contribution in [0.3, 0.4) is 0 Å². The molecule has 0 radical (unpaired) electrons. The van der Waals surface area contributed by atoms with Gasteiger partial charge in [-0.15, -0.1) is 0 Å². The van der Waals surface area contributed by atoms with Crippen molar-refractivity contribution in [2.24, 2.45) is 11.7 Å². The van der Waals surface area contributed by atoms with Crippen LogP contribution in [0.4, 0.5) is 28.8 Å². The Kier molecular flexibility index (Phi) is 56.2. The van der Waals surface area contributed by atoms with Gasteiger partial charge < -0.3 is 39.5 Å². The number of unbranched alkanes of at least 4 members (excludes halogenated alkanes) is 35. The minimum absolute atomic E-state index is 0.0631. The molecule has 0 saturated heterocycles. The molecule has 112 heavy (non-hydrogen) atoms. The van der Waals surface area contributed by atoms with E-state index in [4.69, 9.17) is 34.2 Å². The van der Waals surface area contributed by atoms with E-state index in [1.807, 2.05) is 27.7 Å². The standard InChI is InChI=1S/C91H178N8O13/c1-25-66-78(98(84(105)111-90(17,18)19)76(27-3)94(23)80(101)107-86(5,6)7)96(82(103)109-88(11,12)13)72-74(73-97(83(104)110-89(14,15)16)79(67-26-2)99(85(106)112-91(20,21)22)77(28-4)95(24)81(102)108-87(8,9)10)68-62-59-61-65-71-93-75(100)69-63-58-56-54-52-50-48-46-44-42-40-38-36-34-32-30-29-31-33-35-37-39-41-43-45-47-49-51-53-55-57-60-64-70-92/h74,76-79H,25-73,92H2,1-24H3,(H,93,100). The van der Waals surface area contributed by atoms with Crippen molar-refractivity contribution < 1.29 is 62.0 Å².